The van der Waals surface area contributed by atoms with E-state index in [0.717, 1.165) is 28.1 Å². The third kappa shape index (κ3) is 1.75. The molecule has 0 aliphatic heterocycles. The van der Waals surface area contributed by atoms with Gasteiger partial charge in [0.15, 0.2) is 0 Å². The van der Waals surface area contributed by atoms with Gasteiger partial charge >= 0.3 is 0 Å². The topological polar surface area (TPSA) is 17.8 Å². The second-order valence-corrected chi connectivity index (χ2v) is 5.39. The highest BCUT2D eigenvalue weighted by Gasteiger charge is 2.13. The maximum Gasteiger partial charge on any atom is 0.146 e. The van der Waals surface area contributed by atoms with Crippen molar-refractivity contribution in [2.45, 2.75) is 0 Å². The number of para-hydroxylation sites is 3. The number of aromatic nitrogens is 2. The molecule has 0 saturated heterocycles. The minimum Gasteiger partial charge on any atom is -0.292 e. The van der Waals surface area contributed by atoms with E-state index in [2.05, 4.69) is 63.9 Å². The summed E-state index contributed by atoms with van der Waals surface area (Å²) in [6, 6.07) is 20.8. The maximum absolute atomic E-state index is 4.80. The van der Waals surface area contributed by atoms with Crippen LogP contribution in [0, 0.1) is 0 Å². The van der Waals surface area contributed by atoms with E-state index < -0.39 is 0 Å². The van der Waals surface area contributed by atoms with Gasteiger partial charge in [0.05, 0.1) is 11.0 Å². The van der Waals surface area contributed by atoms with Crippen molar-refractivity contribution in [3.8, 4) is 17.1 Å². The van der Waals surface area contributed by atoms with Gasteiger partial charge in [-0.25, -0.2) is 4.98 Å². The molecule has 0 fully saturated rings. The lowest BCUT2D eigenvalue weighted by molar-refractivity contribution is 1.10. The summed E-state index contributed by atoms with van der Waals surface area (Å²) in [5, 5.41) is 4.23. The Morgan fingerprint density at radius 2 is 1.65 bits per heavy atom. The third-order valence-corrected chi connectivity index (χ3v) is 4.04. The van der Waals surface area contributed by atoms with Crippen LogP contribution < -0.4 is 0 Å². The van der Waals surface area contributed by atoms with Crippen LogP contribution in [0.15, 0.2) is 71.4 Å². The van der Waals surface area contributed by atoms with Gasteiger partial charge in [-0.3, -0.25) is 4.57 Å². The molecule has 0 amide bonds. The molecule has 4 aromatic rings. The lowest BCUT2D eigenvalue weighted by Gasteiger charge is -2.08. The highest BCUT2D eigenvalue weighted by molar-refractivity contribution is 7.08. The SMILES string of the molecule is c1ccc(-n2c(-c3ccsc3)nc3ccccc32)cc1. The van der Waals surface area contributed by atoms with Gasteiger partial charge in [0, 0.05) is 16.6 Å². The summed E-state index contributed by atoms with van der Waals surface area (Å²) in [5.74, 6) is 0.999. The van der Waals surface area contributed by atoms with Crippen molar-refractivity contribution in [2.24, 2.45) is 0 Å². The first-order chi connectivity index (χ1) is 9.93. The molecule has 96 valence electrons. The summed E-state index contributed by atoms with van der Waals surface area (Å²) in [6.45, 7) is 0. The van der Waals surface area contributed by atoms with Crippen LogP contribution in [-0.4, -0.2) is 9.55 Å². The Balaban J connectivity index is 2.09. The lowest BCUT2D eigenvalue weighted by Crippen LogP contribution is -1.96. The maximum atomic E-state index is 4.80. The molecule has 4 rings (SSSR count). The molecule has 0 aliphatic rings. The van der Waals surface area contributed by atoms with Crippen molar-refractivity contribution in [3.05, 3.63) is 71.4 Å². The minimum atomic E-state index is 0.999. The molecule has 0 aliphatic carbocycles. The first kappa shape index (κ1) is 11.4. The van der Waals surface area contributed by atoms with E-state index in [1.54, 1.807) is 11.3 Å². The molecule has 2 nitrogen and oxygen atoms in total. The minimum absolute atomic E-state index is 0.999. The van der Waals surface area contributed by atoms with Gasteiger partial charge in [0.25, 0.3) is 0 Å². The average molecular weight is 276 g/mol. The van der Waals surface area contributed by atoms with Gasteiger partial charge in [-0.05, 0) is 35.7 Å². The van der Waals surface area contributed by atoms with Crippen LogP contribution in [0.5, 0.6) is 0 Å². The summed E-state index contributed by atoms with van der Waals surface area (Å²) in [5.41, 5.74) is 4.47. The van der Waals surface area contributed by atoms with Gasteiger partial charge in [-0.2, -0.15) is 11.3 Å². The van der Waals surface area contributed by atoms with E-state index in [0.29, 0.717) is 0 Å². The Kier molecular flexibility index (Phi) is 2.64. The molecule has 2 aromatic heterocycles. The van der Waals surface area contributed by atoms with Crippen molar-refractivity contribution in [1.82, 2.24) is 9.55 Å². The number of benzene rings is 2. The van der Waals surface area contributed by atoms with Gasteiger partial charge < -0.3 is 0 Å². The number of rotatable bonds is 2. The molecular formula is C17H12N2S. The molecule has 0 radical (unpaired) electrons. The Morgan fingerprint density at radius 1 is 0.850 bits per heavy atom. The standard InChI is InChI=1S/C17H12N2S/c1-2-6-14(7-3-1)19-16-9-5-4-8-15(16)18-17(19)13-10-11-20-12-13/h1-12H. The molecule has 0 bridgehead atoms. The zero-order valence-corrected chi connectivity index (χ0v) is 11.5. The second kappa shape index (κ2) is 4.62. The van der Waals surface area contributed by atoms with Crippen molar-refractivity contribution in [2.75, 3.05) is 0 Å². The molecule has 0 saturated carbocycles. The Morgan fingerprint density at radius 3 is 2.45 bits per heavy atom. The molecule has 20 heavy (non-hydrogen) atoms. The molecule has 2 heterocycles. The number of hydrogen-bond acceptors (Lipinski definition) is 2. The number of thiophene rings is 1. The van der Waals surface area contributed by atoms with Crippen LogP contribution in [0.2, 0.25) is 0 Å². The number of imidazole rings is 1. The van der Waals surface area contributed by atoms with Gasteiger partial charge in [-0.15, -0.1) is 0 Å². The van der Waals surface area contributed by atoms with E-state index in [-0.39, 0.29) is 0 Å². The van der Waals surface area contributed by atoms with Crippen molar-refractivity contribution >= 4 is 22.4 Å². The average Bonchev–Trinajstić information content (AvgIpc) is 3.15. The van der Waals surface area contributed by atoms with E-state index in [1.165, 1.54) is 0 Å². The van der Waals surface area contributed by atoms with Gasteiger partial charge in [-0.1, -0.05) is 30.3 Å². The van der Waals surface area contributed by atoms with E-state index in [4.69, 9.17) is 4.98 Å². The number of hydrogen-bond donors (Lipinski definition) is 0. The fraction of sp³-hybridized carbons (Fsp3) is 0. The smallest absolute Gasteiger partial charge is 0.146 e. The largest absolute Gasteiger partial charge is 0.292 e. The monoisotopic (exact) mass is 276 g/mol. The summed E-state index contributed by atoms with van der Waals surface area (Å²) in [4.78, 5) is 4.80. The zero-order chi connectivity index (χ0) is 13.4. The van der Waals surface area contributed by atoms with E-state index in [9.17, 15) is 0 Å². The summed E-state index contributed by atoms with van der Waals surface area (Å²) < 4.78 is 2.22. The van der Waals surface area contributed by atoms with Crippen LogP contribution in [0.4, 0.5) is 0 Å². The van der Waals surface area contributed by atoms with Crippen LogP contribution in [0.25, 0.3) is 28.1 Å². The van der Waals surface area contributed by atoms with Crippen molar-refractivity contribution in [3.63, 3.8) is 0 Å². The zero-order valence-electron chi connectivity index (χ0n) is 10.7. The fourth-order valence-electron chi connectivity index (χ4n) is 2.45. The molecular weight excluding hydrogens is 264 g/mol. The van der Waals surface area contributed by atoms with E-state index >= 15 is 0 Å². The second-order valence-electron chi connectivity index (χ2n) is 4.61. The highest BCUT2D eigenvalue weighted by atomic mass is 32.1. The molecule has 0 N–H and O–H groups in total. The van der Waals surface area contributed by atoms with Crippen LogP contribution in [-0.2, 0) is 0 Å². The quantitative estimate of drug-likeness (QED) is 0.516. The predicted octanol–water partition coefficient (Wildman–Crippen LogP) is 4.75. The Labute approximate surface area is 121 Å². The molecule has 0 unspecified atom stereocenters. The number of fused-ring (bicyclic) bond motifs is 1. The molecule has 3 heteroatoms. The lowest BCUT2D eigenvalue weighted by atomic mass is 10.2. The first-order valence-electron chi connectivity index (χ1n) is 6.49. The van der Waals surface area contributed by atoms with E-state index in [1.807, 2.05) is 12.1 Å². The summed E-state index contributed by atoms with van der Waals surface area (Å²) in [7, 11) is 0. The van der Waals surface area contributed by atoms with Crippen molar-refractivity contribution in [1.29, 1.82) is 0 Å². The summed E-state index contributed by atoms with van der Waals surface area (Å²) >= 11 is 1.69. The predicted molar refractivity (Wildman–Crippen MR) is 84.4 cm³/mol. The molecule has 0 spiro atoms. The first-order valence-corrected chi connectivity index (χ1v) is 7.43. The third-order valence-electron chi connectivity index (χ3n) is 3.35. The van der Waals surface area contributed by atoms with Crippen LogP contribution in [0.3, 0.4) is 0 Å². The Hall–Kier alpha value is -2.39. The van der Waals surface area contributed by atoms with Crippen LogP contribution >= 0.6 is 11.3 Å². The fourth-order valence-corrected chi connectivity index (χ4v) is 3.08. The molecule has 2 aromatic carbocycles. The van der Waals surface area contributed by atoms with Crippen LogP contribution in [0.1, 0.15) is 0 Å². The van der Waals surface area contributed by atoms with Gasteiger partial charge in [0.2, 0.25) is 0 Å². The number of nitrogens with zero attached hydrogens (tertiary/aromatic N) is 2. The Bertz CT molecular complexity index is 845. The normalized spacial score (nSPS) is 11.0. The van der Waals surface area contributed by atoms with Crippen molar-refractivity contribution < 1.29 is 0 Å². The highest BCUT2D eigenvalue weighted by Crippen LogP contribution is 2.29. The summed E-state index contributed by atoms with van der Waals surface area (Å²) in [6.07, 6.45) is 0. The van der Waals surface area contributed by atoms with Gasteiger partial charge in [0.1, 0.15) is 5.82 Å². The molecule has 0 atom stereocenters.